The number of aromatic hydroxyl groups is 2. The Morgan fingerprint density at radius 1 is 0.966 bits per heavy atom. The van der Waals surface area contributed by atoms with Crippen LogP contribution in [0, 0.1) is 5.92 Å². The van der Waals surface area contributed by atoms with Crippen LogP contribution in [0.4, 0.5) is 0 Å². The van der Waals surface area contributed by atoms with Crippen LogP contribution < -0.4 is 25.1 Å². The molecular weight excluding hydrogens is 759 g/mol. The molecule has 14 heteroatoms. The first-order valence-electron chi connectivity index (χ1n) is 20.4. The first-order chi connectivity index (χ1) is 28.4. The van der Waals surface area contributed by atoms with E-state index in [1.54, 1.807) is 43.3 Å². The first-order valence-corrected chi connectivity index (χ1v) is 20.4. The highest BCUT2D eigenvalue weighted by molar-refractivity contribution is 5.98. The maximum atomic E-state index is 13.8. The summed E-state index contributed by atoms with van der Waals surface area (Å²) >= 11 is 0. The Hall–Kier alpha value is -5.79. The lowest BCUT2D eigenvalue weighted by atomic mass is 9.83. The van der Waals surface area contributed by atoms with Gasteiger partial charge in [0, 0.05) is 81.0 Å². The predicted octanol–water partition coefficient (Wildman–Crippen LogP) is 5.83. The summed E-state index contributed by atoms with van der Waals surface area (Å²) in [4.78, 5) is 67.6. The van der Waals surface area contributed by atoms with Crippen LogP contribution >= 0.6 is 0 Å². The van der Waals surface area contributed by atoms with Gasteiger partial charge in [0.2, 0.25) is 17.6 Å². The largest absolute Gasteiger partial charge is 0.507 e. The van der Waals surface area contributed by atoms with E-state index in [0.29, 0.717) is 75.9 Å². The molecule has 1 fully saturated rings. The Morgan fingerprint density at radius 2 is 1.71 bits per heavy atom. The molecule has 0 saturated carbocycles. The van der Waals surface area contributed by atoms with E-state index in [0.717, 1.165) is 12.1 Å². The number of fused-ring (bicyclic) bond motifs is 5. The van der Waals surface area contributed by atoms with Gasteiger partial charge in [0.15, 0.2) is 11.5 Å². The Morgan fingerprint density at radius 3 is 2.44 bits per heavy atom. The van der Waals surface area contributed by atoms with Crippen molar-refractivity contribution < 1.29 is 48.3 Å². The number of pyridine rings is 1. The highest BCUT2D eigenvalue weighted by Crippen LogP contribution is 2.48. The topological polar surface area (TPSA) is 183 Å². The zero-order valence-corrected chi connectivity index (χ0v) is 34.3. The third-order valence-electron chi connectivity index (χ3n) is 11.6. The zero-order valence-electron chi connectivity index (χ0n) is 34.3. The predicted molar refractivity (Wildman–Crippen MR) is 219 cm³/mol. The van der Waals surface area contributed by atoms with Gasteiger partial charge in [0.05, 0.1) is 27.4 Å². The summed E-state index contributed by atoms with van der Waals surface area (Å²) in [7, 11) is 4.35. The number of carbonyl (C=O) groups is 4. The monoisotopic (exact) mass is 813 g/mol. The molecule has 6 rings (SSSR count). The minimum atomic E-state index is -1.04. The van der Waals surface area contributed by atoms with Crippen LogP contribution in [0.5, 0.6) is 28.7 Å². The molecule has 2 aromatic carbocycles. The van der Waals surface area contributed by atoms with E-state index in [2.05, 4.69) is 5.32 Å². The lowest BCUT2D eigenvalue weighted by Crippen LogP contribution is -2.49. The number of rotatable bonds is 11. The number of nitrogens with zero attached hydrogens (tertiary/aromatic N) is 2. The number of esters is 1. The van der Waals surface area contributed by atoms with E-state index in [1.807, 2.05) is 15.5 Å². The van der Waals surface area contributed by atoms with Crippen LogP contribution in [-0.2, 0) is 25.7 Å². The number of carbonyl (C=O) groups excluding carboxylic acids is 4. The van der Waals surface area contributed by atoms with E-state index in [1.165, 1.54) is 27.4 Å². The summed E-state index contributed by atoms with van der Waals surface area (Å²) in [5.41, 5.74) is 1.34. The second-order valence-electron chi connectivity index (χ2n) is 15.7. The molecule has 0 radical (unpaired) electrons. The van der Waals surface area contributed by atoms with Crippen molar-refractivity contribution in [3.05, 3.63) is 80.8 Å². The van der Waals surface area contributed by atoms with Gasteiger partial charge in [-0.3, -0.25) is 19.2 Å². The van der Waals surface area contributed by atoms with Gasteiger partial charge in [-0.2, -0.15) is 0 Å². The number of amides is 2. The molecule has 4 heterocycles. The summed E-state index contributed by atoms with van der Waals surface area (Å²) in [5, 5.41) is 26.6. The fourth-order valence-electron chi connectivity index (χ4n) is 8.69. The quantitative estimate of drug-likeness (QED) is 0.156. The average molecular weight is 814 g/mol. The SMILES string of the molecule is COc1cc(C(CC(=O)NCCCC(=O)N2CC3CC(C2)c2cccc(=O)n2C3)c2c(O)cc3c(c2O)C(=O)O[C@@H](C)CCCC(=O)CCCC=C3)cc(OC)c1OC. The number of ketones is 1. The molecule has 2 bridgehead atoms. The lowest BCUT2D eigenvalue weighted by Gasteiger charge is -2.42. The highest BCUT2D eigenvalue weighted by atomic mass is 16.5. The molecule has 1 saturated heterocycles. The summed E-state index contributed by atoms with van der Waals surface area (Å²) in [5.74, 6) is -1.91. The van der Waals surface area contributed by atoms with Gasteiger partial charge in [0.25, 0.3) is 5.56 Å². The number of ether oxygens (including phenoxy) is 4. The number of hydrogen-bond acceptors (Lipinski definition) is 11. The van der Waals surface area contributed by atoms with E-state index in [-0.39, 0.29) is 82.4 Å². The van der Waals surface area contributed by atoms with Crippen molar-refractivity contribution in [2.75, 3.05) is 41.0 Å². The number of phenols is 2. The van der Waals surface area contributed by atoms with Crippen molar-refractivity contribution in [3.8, 4) is 28.7 Å². The molecular formula is C45H55N3O11. The van der Waals surface area contributed by atoms with Gasteiger partial charge >= 0.3 is 5.97 Å². The molecule has 2 amide bonds. The highest BCUT2D eigenvalue weighted by Gasteiger charge is 2.36. The van der Waals surface area contributed by atoms with Crippen molar-refractivity contribution in [1.82, 2.24) is 14.8 Å². The molecule has 0 aliphatic carbocycles. The average Bonchev–Trinajstić information content (AvgIpc) is 3.21. The van der Waals surface area contributed by atoms with Crippen molar-refractivity contribution in [1.29, 1.82) is 0 Å². The van der Waals surface area contributed by atoms with Crippen LogP contribution in [0.2, 0.25) is 0 Å². The molecule has 316 valence electrons. The number of aromatic nitrogens is 1. The Kier molecular flexibility index (Phi) is 14.0. The molecule has 3 aliphatic heterocycles. The zero-order chi connectivity index (χ0) is 42.2. The van der Waals surface area contributed by atoms with Gasteiger partial charge in [-0.15, -0.1) is 0 Å². The smallest absolute Gasteiger partial charge is 0.342 e. The van der Waals surface area contributed by atoms with Crippen LogP contribution in [0.15, 0.2) is 47.3 Å². The molecule has 3 aliphatic rings. The number of methoxy groups -OCH3 is 3. The standard InChI is InChI=1S/C45H55N3O11/c1-27-11-8-14-32(49)13-7-5-6-12-29-20-35(50)42(43(54)41(29)45(55)59-27)33(30-21-36(56-2)44(58-4)37(22-30)57-3)23-38(51)46-18-10-17-39(52)47-24-28-19-31(26-47)34-15-9-16-40(53)48(34)25-28/h6,9,12,15-16,20-22,27-28,31,33,50,54H,5,7-8,10-11,13-14,17-19,23-26H2,1-4H3,(H,46,51)/t27-,28?,31?,33?/m0/s1. The molecule has 3 unspecified atom stereocenters. The van der Waals surface area contributed by atoms with Crippen LogP contribution in [-0.4, -0.2) is 90.3 Å². The van der Waals surface area contributed by atoms with Gasteiger partial charge < -0.3 is 43.9 Å². The number of likely N-dealkylation sites (tertiary alicyclic amines) is 1. The van der Waals surface area contributed by atoms with E-state index < -0.39 is 29.6 Å². The number of allylic oxidation sites excluding steroid dienone is 1. The van der Waals surface area contributed by atoms with Crippen molar-refractivity contribution in [3.63, 3.8) is 0 Å². The minimum Gasteiger partial charge on any atom is -0.507 e. The van der Waals surface area contributed by atoms with Gasteiger partial charge in [-0.25, -0.2) is 4.79 Å². The van der Waals surface area contributed by atoms with E-state index in [4.69, 9.17) is 18.9 Å². The summed E-state index contributed by atoms with van der Waals surface area (Å²) in [6.07, 6.45) is 7.04. The number of piperidine rings is 1. The number of cyclic esters (lactones) is 1. The van der Waals surface area contributed by atoms with Crippen LogP contribution in [0.3, 0.4) is 0 Å². The van der Waals surface area contributed by atoms with Crippen molar-refractivity contribution >= 4 is 29.6 Å². The maximum absolute atomic E-state index is 13.8. The maximum Gasteiger partial charge on any atom is 0.342 e. The second kappa shape index (κ2) is 19.3. The van der Waals surface area contributed by atoms with Gasteiger partial charge in [-0.05, 0) is 86.8 Å². The Balaban J connectivity index is 1.24. The number of phenolic OH excluding ortho intramolecular Hbond substituents is 2. The van der Waals surface area contributed by atoms with Crippen LogP contribution in [0.25, 0.3) is 6.08 Å². The Bertz CT molecular complexity index is 2120. The molecule has 3 N–H and O–H groups in total. The fraction of sp³-hybridized carbons (Fsp3) is 0.489. The van der Waals surface area contributed by atoms with Gasteiger partial charge in [0.1, 0.15) is 22.8 Å². The van der Waals surface area contributed by atoms with E-state index in [9.17, 15) is 34.2 Å². The molecule has 59 heavy (non-hydrogen) atoms. The van der Waals surface area contributed by atoms with Crippen LogP contribution in [0.1, 0.15) is 116 Å². The molecule has 14 nitrogen and oxygen atoms in total. The summed E-state index contributed by atoms with van der Waals surface area (Å²) < 4.78 is 24.3. The number of hydrogen-bond donors (Lipinski definition) is 3. The molecule has 4 atom stereocenters. The minimum absolute atomic E-state index is 0.0139. The van der Waals surface area contributed by atoms with Gasteiger partial charge in [-0.1, -0.05) is 18.2 Å². The molecule has 0 spiro atoms. The first kappa shape index (κ1) is 42.8. The van der Waals surface area contributed by atoms with Crippen molar-refractivity contribution in [2.24, 2.45) is 5.92 Å². The summed E-state index contributed by atoms with van der Waals surface area (Å²) in [6.45, 7) is 3.62. The number of Topliss-reactive ketones (excluding diaryl/α,β-unsaturated/α-hetero) is 1. The number of nitrogens with one attached hydrogen (secondary N) is 1. The summed E-state index contributed by atoms with van der Waals surface area (Å²) in [6, 6.07) is 9.90. The normalized spacial score (nSPS) is 20.0. The Labute approximate surface area is 344 Å². The number of benzene rings is 2. The second-order valence-corrected chi connectivity index (χ2v) is 15.7. The lowest BCUT2D eigenvalue weighted by molar-refractivity contribution is -0.134. The third kappa shape index (κ3) is 9.92. The van der Waals surface area contributed by atoms with Crippen molar-refractivity contribution in [2.45, 2.75) is 95.6 Å². The van der Waals surface area contributed by atoms with E-state index >= 15 is 0 Å². The molecule has 1 aromatic heterocycles. The fourth-order valence-corrected chi connectivity index (χ4v) is 8.69. The molecule has 3 aromatic rings. The third-order valence-corrected chi connectivity index (χ3v) is 11.6.